The SMILES string of the molecule is CCN(CCC(NC1CC1)C(=O)O)CC(C)C. The topological polar surface area (TPSA) is 52.6 Å². The van der Waals surface area contributed by atoms with Crippen LogP contribution in [0.4, 0.5) is 0 Å². The molecule has 1 unspecified atom stereocenters. The number of carboxylic acids is 1. The normalized spacial score (nSPS) is 17.7. The maximum atomic E-state index is 11.1. The Morgan fingerprint density at radius 3 is 2.53 bits per heavy atom. The summed E-state index contributed by atoms with van der Waals surface area (Å²) in [5, 5.41) is 12.3. The van der Waals surface area contributed by atoms with Gasteiger partial charge in [0.25, 0.3) is 0 Å². The van der Waals surface area contributed by atoms with Crippen LogP contribution in [0.25, 0.3) is 0 Å². The number of carbonyl (C=O) groups is 1. The van der Waals surface area contributed by atoms with E-state index in [9.17, 15) is 4.79 Å². The number of hydrogen-bond donors (Lipinski definition) is 2. The summed E-state index contributed by atoms with van der Waals surface area (Å²) >= 11 is 0. The third-order valence-electron chi connectivity index (χ3n) is 3.12. The smallest absolute Gasteiger partial charge is 0.320 e. The summed E-state index contributed by atoms with van der Waals surface area (Å²) < 4.78 is 0. The van der Waals surface area contributed by atoms with Gasteiger partial charge in [-0.25, -0.2) is 0 Å². The van der Waals surface area contributed by atoms with Gasteiger partial charge in [-0.15, -0.1) is 0 Å². The van der Waals surface area contributed by atoms with Crippen LogP contribution in [0.5, 0.6) is 0 Å². The van der Waals surface area contributed by atoms with E-state index in [2.05, 4.69) is 31.0 Å². The second-order valence-corrected chi connectivity index (χ2v) is 5.41. The number of aliphatic carboxylic acids is 1. The van der Waals surface area contributed by atoms with Crippen molar-refractivity contribution in [2.45, 2.75) is 52.1 Å². The summed E-state index contributed by atoms with van der Waals surface area (Å²) in [5.41, 5.74) is 0. The molecule has 1 atom stereocenters. The van der Waals surface area contributed by atoms with Crippen LogP contribution >= 0.6 is 0 Å². The van der Waals surface area contributed by atoms with Gasteiger partial charge in [0, 0.05) is 19.1 Å². The van der Waals surface area contributed by atoms with Gasteiger partial charge < -0.3 is 15.3 Å². The highest BCUT2D eigenvalue weighted by molar-refractivity contribution is 5.73. The van der Waals surface area contributed by atoms with Crippen LogP contribution < -0.4 is 5.32 Å². The summed E-state index contributed by atoms with van der Waals surface area (Å²) in [6.07, 6.45) is 2.97. The van der Waals surface area contributed by atoms with Crippen LogP contribution in [-0.4, -0.2) is 47.7 Å². The Kier molecular flexibility index (Phi) is 5.92. The fourth-order valence-corrected chi connectivity index (χ4v) is 2.02. The standard InChI is InChI=1S/C13H26N2O2/c1-4-15(9-10(2)3)8-7-12(13(16)17)14-11-5-6-11/h10-12,14H,4-9H2,1-3H3,(H,16,17). The lowest BCUT2D eigenvalue weighted by atomic mass is 10.1. The van der Waals surface area contributed by atoms with Gasteiger partial charge in [0.15, 0.2) is 0 Å². The third-order valence-corrected chi connectivity index (χ3v) is 3.12. The number of rotatable bonds is 9. The van der Waals surface area contributed by atoms with E-state index in [0.29, 0.717) is 18.4 Å². The van der Waals surface area contributed by atoms with Gasteiger partial charge in [0.2, 0.25) is 0 Å². The molecule has 100 valence electrons. The molecule has 0 radical (unpaired) electrons. The van der Waals surface area contributed by atoms with Gasteiger partial charge >= 0.3 is 5.97 Å². The fraction of sp³-hybridized carbons (Fsp3) is 0.923. The first-order valence-corrected chi connectivity index (χ1v) is 6.74. The molecule has 1 fully saturated rings. The molecule has 0 heterocycles. The van der Waals surface area contributed by atoms with Gasteiger partial charge in [0.05, 0.1) is 0 Å². The molecule has 17 heavy (non-hydrogen) atoms. The van der Waals surface area contributed by atoms with Gasteiger partial charge in [0.1, 0.15) is 6.04 Å². The lowest BCUT2D eigenvalue weighted by molar-refractivity contribution is -0.139. The number of carboxylic acid groups (broad SMARTS) is 1. The van der Waals surface area contributed by atoms with E-state index >= 15 is 0 Å². The van der Waals surface area contributed by atoms with Gasteiger partial charge in [-0.3, -0.25) is 4.79 Å². The Labute approximate surface area is 104 Å². The summed E-state index contributed by atoms with van der Waals surface area (Å²) in [7, 11) is 0. The Balaban J connectivity index is 2.30. The molecule has 2 N–H and O–H groups in total. The van der Waals surface area contributed by atoms with Crippen LogP contribution in [0, 0.1) is 5.92 Å². The van der Waals surface area contributed by atoms with Crippen molar-refractivity contribution < 1.29 is 9.90 Å². The highest BCUT2D eigenvalue weighted by atomic mass is 16.4. The zero-order valence-corrected chi connectivity index (χ0v) is 11.3. The Hall–Kier alpha value is -0.610. The van der Waals surface area contributed by atoms with Crippen molar-refractivity contribution in [1.29, 1.82) is 0 Å². The number of nitrogens with zero attached hydrogens (tertiary/aromatic N) is 1. The summed E-state index contributed by atoms with van der Waals surface area (Å²) in [6, 6.07) is 0.0833. The quantitative estimate of drug-likeness (QED) is 0.644. The van der Waals surface area contributed by atoms with E-state index in [4.69, 9.17) is 5.11 Å². The van der Waals surface area contributed by atoms with Crippen molar-refractivity contribution >= 4 is 5.97 Å². The fourth-order valence-electron chi connectivity index (χ4n) is 2.02. The summed E-state index contributed by atoms with van der Waals surface area (Å²) in [6.45, 7) is 9.43. The zero-order valence-electron chi connectivity index (χ0n) is 11.3. The third kappa shape index (κ3) is 6.03. The minimum Gasteiger partial charge on any atom is -0.480 e. The van der Waals surface area contributed by atoms with Crippen LogP contribution in [-0.2, 0) is 4.79 Å². The molecule has 0 saturated heterocycles. The molecule has 0 aromatic rings. The van der Waals surface area contributed by atoms with E-state index in [1.54, 1.807) is 0 Å². The van der Waals surface area contributed by atoms with Crippen molar-refractivity contribution in [2.24, 2.45) is 5.92 Å². The Bertz CT molecular complexity index is 240. The zero-order chi connectivity index (χ0) is 12.8. The van der Waals surface area contributed by atoms with E-state index in [-0.39, 0.29) is 6.04 Å². The first-order chi connectivity index (χ1) is 8.02. The van der Waals surface area contributed by atoms with Gasteiger partial charge in [-0.05, 0) is 31.7 Å². The second-order valence-electron chi connectivity index (χ2n) is 5.41. The van der Waals surface area contributed by atoms with Crippen molar-refractivity contribution in [2.75, 3.05) is 19.6 Å². The lowest BCUT2D eigenvalue weighted by Crippen LogP contribution is -2.41. The molecule has 0 aliphatic heterocycles. The average molecular weight is 242 g/mol. The van der Waals surface area contributed by atoms with Crippen molar-refractivity contribution in [3.05, 3.63) is 0 Å². The first kappa shape index (κ1) is 14.5. The molecule has 0 aromatic carbocycles. The predicted molar refractivity (Wildman–Crippen MR) is 69.2 cm³/mol. The predicted octanol–water partition coefficient (Wildman–Crippen LogP) is 1.56. The minimum absolute atomic E-state index is 0.372. The van der Waals surface area contributed by atoms with Crippen molar-refractivity contribution in [3.63, 3.8) is 0 Å². The molecule has 1 rings (SSSR count). The molecule has 0 spiro atoms. The molecule has 0 amide bonds. The average Bonchev–Trinajstić information content (AvgIpc) is 3.04. The molecule has 1 saturated carbocycles. The van der Waals surface area contributed by atoms with E-state index in [0.717, 1.165) is 32.5 Å². The maximum Gasteiger partial charge on any atom is 0.320 e. The summed E-state index contributed by atoms with van der Waals surface area (Å²) in [4.78, 5) is 13.4. The first-order valence-electron chi connectivity index (χ1n) is 6.74. The lowest BCUT2D eigenvalue weighted by Gasteiger charge is -2.24. The van der Waals surface area contributed by atoms with Gasteiger partial charge in [-0.1, -0.05) is 20.8 Å². The molecule has 1 aliphatic carbocycles. The molecule has 4 nitrogen and oxygen atoms in total. The number of hydrogen-bond acceptors (Lipinski definition) is 3. The van der Waals surface area contributed by atoms with Crippen LogP contribution in [0.3, 0.4) is 0 Å². The van der Waals surface area contributed by atoms with Crippen LogP contribution in [0.2, 0.25) is 0 Å². The van der Waals surface area contributed by atoms with Crippen molar-refractivity contribution in [1.82, 2.24) is 10.2 Å². The molecule has 4 heteroatoms. The molecule has 1 aliphatic rings. The Morgan fingerprint density at radius 1 is 1.47 bits per heavy atom. The molecular weight excluding hydrogens is 216 g/mol. The largest absolute Gasteiger partial charge is 0.480 e. The highest BCUT2D eigenvalue weighted by Crippen LogP contribution is 2.20. The van der Waals surface area contributed by atoms with Gasteiger partial charge in [-0.2, -0.15) is 0 Å². The summed E-state index contributed by atoms with van der Waals surface area (Å²) in [5.74, 6) is -0.0767. The molecule has 0 aromatic heterocycles. The van der Waals surface area contributed by atoms with E-state index in [1.807, 2.05) is 0 Å². The van der Waals surface area contributed by atoms with Crippen molar-refractivity contribution in [3.8, 4) is 0 Å². The highest BCUT2D eigenvalue weighted by Gasteiger charge is 2.28. The minimum atomic E-state index is -0.711. The van der Waals surface area contributed by atoms with Crippen LogP contribution in [0.1, 0.15) is 40.0 Å². The molecular formula is C13H26N2O2. The van der Waals surface area contributed by atoms with E-state index in [1.165, 1.54) is 0 Å². The Morgan fingerprint density at radius 2 is 2.12 bits per heavy atom. The van der Waals surface area contributed by atoms with E-state index < -0.39 is 5.97 Å². The molecule has 0 bridgehead atoms. The number of nitrogens with one attached hydrogen (secondary N) is 1. The maximum absolute atomic E-state index is 11.1. The van der Waals surface area contributed by atoms with Crippen LogP contribution in [0.15, 0.2) is 0 Å². The monoisotopic (exact) mass is 242 g/mol. The second kappa shape index (κ2) is 6.97.